The van der Waals surface area contributed by atoms with Gasteiger partial charge in [0.15, 0.2) is 17.3 Å². The van der Waals surface area contributed by atoms with Crippen LogP contribution in [0.2, 0.25) is 4.34 Å². The molecule has 0 saturated carbocycles. The van der Waals surface area contributed by atoms with Gasteiger partial charge in [-0.05, 0) is 37.3 Å². The number of methoxy groups -OCH3 is 1. The molecule has 8 heteroatoms. The Hall–Kier alpha value is -1.64. The van der Waals surface area contributed by atoms with Gasteiger partial charge < -0.3 is 14.6 Å². The first-order valence-electron chi connectivity index (χ1n) is 9.63. The predicted molar refractivity (Wildman–Crippen MR) is 116 cm³/mol. The van der Waals surface area contributed by atoms with E-state index in [0.29, 0.717) is 23.6 Å². The van der Waals surface area contributed by atoms with Crippen LogP contribution in [-0.2, 0) is 6.54 Å². The van der Waals surface area contributed by atoms with Gasteiger partial charge in [-0.2, -0.15) is 0 Å². The van der Waals surface area contributed by atoms with E-state index < -0.39 is 6.10 Å². The zero-order valence-corrected chi connectivity index (χ0v) is 18.3. The van der Waals surface area contributed by atoms with Gasteiger partial charge in [0.1, 0.15) is 12.7 Å². The van der Waals surface area contributed by atoms with Gasteiger partial charge >= 0.3 is 0 Å². The van der Waals surface area contributed by atoms with Crippen LogP contribution in [0.4, 0.5) is 0 Å². The van der Waals surface area contributed by atoms with Gasteiger partial charge in [-0.25, -0.2) is 0 Å². The second-order valence-corrected chi connectivity index (χ2v) is 8.97. The minimum atomic E-state index is -0.602. The van der Waals surface area contributed by atoms with E-state index in [2.05, 4.69) is 15.9 Å². The van der Waals surface area contributed by atoms with E-state index in [1.807, 2.05) is 6.07 Å². The highest BCUT2D eigenvalue weighted by Gasteiger charge is 2.20. The standard InChI is InChI=1S/C21H27ClN2O4S/c1-15(25)16-3-5-19(20(11-16)27-2)28-14-17(26)12-23-7-9-24(10-8-23)13-18-4-6-21(22)29-18/h3-6,11,17,26H,7-10,12-14H2,1-2H3. The smallest absolute Gasteiger partial charge is 0.161 e. The monoisotopic (exact) mass is 438 g/mol. The molecule has 3 rings (SSSR count). The highest BCUT2D eigenvalue weighted by Crippen LogP contribution is 2.28. The van der Waals surface area contributed by atoms with Crippen LogP contribution in [0.3, 0.4) is 0 Å². The number of nitrogens with zero attached hydrogens (tertiary/aromatic N) is 2. The molecule has 0 bridgehead atoms. The maximum atomic E-state index is 11.5. The van der Waals surface area contributed by atoms with Gasteiger partial charge in [-0.3, -0.25) is 14.6 Å². The van der Waals surface area contributed by atoms with E-state index in [4.69, 9.17) is 21.1 Å². The van der Waals surface area contributed by atoms with Crippen molar-refractivity contribution < 1.29 is 19.4 Å². The van der Waals surface area contributed by atoms with Gasteiger partial charge in [-0.1, -0.05) is 11.6 Å². The van der Waals surface area contributed by atoms with Crippen LogP contribution in [0.1, 0.15) is 22.2 Å². The van der Waals surface area contributed by atoms with Crippen molar-refractivity contribution in [2.24, 2.45) is 0 Å². The molecular formula is C21H27ClN2O4S. The molecule has 1 aromatic heterocycles. The predicted octanol–water partition coefficient (Wildman–Crippen LogP) is 3.17. The number of carbonyl (C=O) groups is 1. The molecule has 29 heavy (non-hydrogen) atoms. The van der Waals surface area contributed by atoms with Gasteiger partial charge in [0.2, 0.25) is 0 Å². The van der Waals surface area contributed by atoms with E-state index in [1.165, 1.54) is 18.9 Å². The lowest BCUT2D eigenvalue weighted by Gasteiger charge is -2.35. The fourth-order valence-electron chi connectivity index (χ4n) is 3.33. The molecular weight excluding hydrogens is 412 g/mol. The van der Waals surface area contributed by atoms with Crippen LogP contribution in [0, 0.1) is 0 Å². The van der Waals surface area contributed by atoms with Crippen molar-refractivity contribution in [2.45, 2.75) is 19.6 Å². The first kappa shape index (κ1) is 22.1. The number of aliphatic hydroxyl groups is 1. The summed E-state index contributed by atoms with van der Waals surface area (Å²) in [6.07, 6.45) is -0.602. The third kappa shape index (κ3) is 6.42. The third-order valence-electron chi connectivity index (χ3n) is 4.94. The van der Waals surface area contributed by atoms with Crippen LogP contribution in [0.25, 0.3) is 0 Å². The summed E-state index contributed by atoms with van der Waals surface area (Å²) in [6, 6.07) is 9.09. The molecule has 1 fully saturated rings. The number of Topliss-reactive ketones (excluding diaryl/α,β-unsaturated/α-hetero) is 1. The van der Waals surface area contributed by atoms with Gasteiger partial charge in [0.05, 0.1) is 11.4 Å². The molecule has 2 aromatic rings. The fourth-order valence-corrected chi connectivity index (χ4v) is 4.46. The summed E-state index contributed by atoms with van der Waals surface area (Å²) in [5, 5.41) is 10.4. The Bertz CT molecular complexity index is 821. The summed E-state index contributed by atoms with van der Waals surface area (Å²) >= 11 is 7.63. The first-order chi connectivity index (χ1) is 13.9. The lowest BCUT2D eigenvalue weighted by Crippen LogP contribution is -2.48. The lowest BCUT2D eigenvalue weighted by atomic mass is 10.1. The molecule has 1 unspecified atom stereocenters. The maximum Gasteiger partial charge on any atom is 0.161 e. The van der Waals surface area contributed by atoms with Crippen LogP contribution in [0.5, 0.6) is 11.5 Å². The van der Waals surface area contributed by atoms with E-state index in [1.54, 1.807) is 29.5 Å². The molecule has 1 atom stereocenters. The summed E-state index contributed by atoms with van der Waals surface area (Å²) in [5.74, 6) is 0.986. The molecule has 1 aromatic carbocycles. The van der Waals surface area contributed by atoms with Crippen LogP contribution in [0.15, 0.2) is 30.3 Å². The summed E-state index contributed by atoms with van der Waals surface area (Å²) < 4.78 is 11.9. The number of benzene rings is 1. The van der Waals surface area contributed by atoms with E-state index in [0.717, 1.165) is 37.1 Å². The zero-order chi connectivity index (χ0) is 20.8. The van der Waals surface area contributed by atoms with Crippen molar-refractivity contribution in [1.82, 2.24) is 9.80 Å². The number of ketones is 1. The number of carbonyl (C=O) groups excluding carboxylic acids is 1. The highest BCUT2D eigenvalue weighted by atomic mass is 35.5. The van der Waals surface area contributed by atoms with Crippen LogP contribution < -0.4 is 9.47 Å². The average Bonchev–Trinajstić information content (AvgIpc) is 3.12. The summed E-state index contributed by atoms with van der Waals surface area (Å²) in [5.41, 5.74) is 0.567. The lowest BCUT2D eigenvalue weighted by molar-refractivity contribution is 0.0442. The Morgan fingerprint density at radius 3 is 2.52 bits per heavy atom. The van der Waals surface area contributed by atoms with E-state index in [-0.39, 0.29) is 12.4 Å². The molecule has 2 heterocycles. The number of hydrogen-bond donors (Lipinski definition) is 1. The zero-order valence-electron chi connectivity index (χ0n) is 16.8. The Labute approximate surface area is 180 Å². The number of β-amino-alcohol motifs (C(OH)–C–C–N with tert-alkyl or cyclic N) is 1. The number of aliphatic hydroxyl groups excluding tert-OH is 1. The number of piperazine rings is 1. The number of hydrogen-bond acceptors (Lipinski definition) is 7. The normalized spacial score (nSPS) is 16.6. The number of thiophene rings is 1. The fraction of sp³-hybridized carbons (Fsp3) is 0.476. The Balaban J connectivity index is 1.42. The summed E-state index contributed by atoms with van der Waals surface area (Å²) in [6.45, 7) is 6.91. The SMILES string of the molecule is COc1cc(C(C)=O)ccc1OCC(O)CN1CCN(Cc2ccc(Cl)s2)CC1. The molecule has 0 spiro atoms. The molecule has 6 nitrogen and oxygen atoms in total. The highest BCUT2D eigenvalue weighted by molar-refractivity contribution is 7.16. The Kier molecular flexibility index (Phi) is 7.91. The van der Waals surface area contributed by atoms with Gasteiger partial charge in [-0.15, -0.1) is 11.3 Å². The molecule has 0 aliphatic carbocycles. The molecule has 1 aliphatic rings. The third-order valence-corrected chi connectivity index (χ3v) is 6.16. The van der Waals surface area contributed by atoms with Crippen molar-refractivity contribution in [3.63, 3.8) is 0 Å². The Morgan fingerprint density at radius 1 is 1.17 bits per heavy atom. The topological polar surface area (TPSA) is 62.2 Å². The summed E-state index contributed by atoms with van der Waals surface area (Å²) in [4.78, 5) is 17.4. The van der Waals surface area contributed by atoms with Crippen molar-refractivity contribution >= 4 is 28.7 Å². The second kappa shape index (κ2) is 10.4. The van der Waals surface area contributed by atoms with Crippen molar-refractivity contribution in [3.05, 3.63) is 45.1 Å². The molecule has 0 radical (unpaired) electrons. The molecule has 158 valence electrons. The molecule has 0 amide bonds. The van der Waals surface area contributed by atoms with Crippen molar-refractivity contribution in [1.29, 1.82) is 0 Å². The molecule has 1 aliphatic heterocycles. The summed E-state index contributed by atoms with van der Waals surface area (Å²) in [7, 11) is 1.53. The van der Waals surface area contributed by atoms with Gasteiger partial charge in [0.25, 0.3) is 0 Å². The first-order valence-corrected chi connectivity index (χ1v) is 10.8. The maximum absolute atomic E-state index is 11.5. The largest absolute Gasteiger partial charge is 0.493 e. The molecule has 1 saturated heterocycles. The quantitative estimate of drug-likeness (QED) is 0.607. The van der Waals surface area contributed by atoms with Crippen molar-refractivity contribution in [2.75, 3.05) is 46.4 Å². The minimum Gasteiger partial charge on any atom is -0.493 e. The van der Waals surface area contributed by atoms with Crippen molar-refractivity contribution in [3.8, 4) is 11.5 Å². The second-order valence-electron chi connectivity index (χ2n) is 7.17. The number of ether oxygens (including phenoxy) is 2. The van der Waals surface area contributed by atoms with Crippen LogP contribution >= 0.6 is 22.9 Å². The van der Waals surface area contributed by atoms with E-state index in [9.17, 15) is 9.90 Å². The minimum absolute atomic E-state index is 0.0313. The number of rotatable bonds is 9. The van der Waals surface area contributed by atoms with E-state index >= 15 is 0 Å². The average molecular weight is 439 g/mol. The number of halogens is 1. The molecule has 1 N–H and O–H groups in total. The van der Waals surface area contributed by atoms with Gasteiger partial charge in [0, 0.05) is 49.7 Å². The van der Waals surface area contributed by atoms with Crippen LogP contribution in [-0.4, -0.2) is 73.2 Å². The Morgan fingerprint density at radius 2 is 1.90 bits per heavy atom.